The van der Waals surface area contributed by atoms with Gasteiger partial charge in [0, 0.05) is 28.2 Å². The molecule has 0 aromatic heterocycles. The van der Waals surface area contributed by atoms with E-state index in [-0.39, 0.29) is 29.6 Å². The van der Waals surface area contributed by atoms with Crippen LogP contribution < -0.4 is 4.74 Å². The summed E-state index contributed by atoms with van der Waals surface area (Å²) in [5, 5.41) is 0. The Balaban J connectivity index is 1.54. The second-order valence-electron chi connectivity index (χ2n) is 8.84. The van der Waals surface area contributed by atoms with Gasteiger partial charge < -0.3 is 9.47 Å². The van der Waals surface area contributed by atoms with Crippen LogP contribution in [0.2, 0.25) is 0 Å². The van der Waals surface area contributed by atoms with Gasteiger partial charge in [-0.15, -0.1) is 6.58 Å². The van der Waals surface area contributed by atoms with Crippen molar-refractivity contribution in [1.82, 2.24) is 0 Å². The van der Waals surface area contributed by atoms with Crippen LogP contribution in [0.5, 0.6) is 5.75 Å². The molecule has 190 valence electrons. The number of benzene rings is 3. The Kier molecular flexibility index (Phi) is 8.09. The third kappa shape index (κ3) is 5.31. The lowest BCUT2D eigenvalue weighted by atomic mass is 9.94. The molecule has 1 aliphatic heterocycles. The smallest absolute Gasteiger partial charge is 0.201 e. The molecule has 2 atom stereocenters. The molecule has 2 unspecified atom stereocenters. The van der Waals surface area contributed by atoms with Gasteiger partial charge in [-0.25, -0.2) is 17.6 Å². The van der Waals surface area contributed by atoms with Gasteiger partial charge in [0.25, 0.3) is 0 Å². The van der Waals surface area contributed by atoms with Crippen LogP contribution in [0.25, 0.3) is 22.3 Å². The van der Waals surface area contributed by atoms with Crippen LogP contribution in [-0.2, 0) is 11.2 Å². The molecule has 1 aliphatic rings. The summed E-state index contributed by atoms with van der Waals surface area (Å²) in [7, 11) is 0. The standard InChI is InChI=1S/C29H27F5O2/c1-3-17-5-8-19(36-16-17)9-6-18-7-10-20(24(30)15-18)21-11-12-22(27(32)26(21)31)23-13-14-25(35-4-2)29(34)28(23)33/h3,7,10-15,17,19H,1,4-6,8-9,16H2,2H3. The molecule has 0 aliphatic carbocycles. The molecule has 3 aromatic rings. The van der Waals surface area contributed by atoms with Crippen molar-refractivity contribution in [2.75, 3.05) is 13.2 Å². The minimum Gasteiger partial charge on any atom is -0.491 e. The van der Waals surface area contributed by atoms with E-state index in [9.17, 15) is 22.0 Å². The molecule has 0 bridgehead atoms. The summed E-state index contributed by atoms with van der Waals surface area (Å²) in [6.07, 6.45) is 5.22. The van der Waals surface area contributed by atoms with E-state index in [2.05, 4.69) is 6.58 Å². The van der Waals surface area contributed by atoms with Crippen molar-refractivity contribution >= 4 is 0 Å². The molecule has 36 heavy (non-hydrogen) atoms. The van der Waals surface area contributed by atoms with Gasteiger partial charge in [0.1, 0.15) is 5.82 Å². The molecule has 4 rings (SSSR count). The SMILES string of the molecule is C=CC1CCC(CCc2ccc(-c3ccc(-c4ccc(OCC)c(F)c4F)c(F)c3F)c(F)c2)OC1. The average molecular weight is 503 g/mol. The van der Waals surface area contributed by atoms with E-state index in [0.717, 1.165) is 49.1 Å². The Morgan fingerprint density at radius 1 is 0.861 bits per heavy atom. The predicted octanol–water partition coefficient (Wildman–Crippen LogP) is 8.03. The van der Waals surface area contributed by atoms with Gasteiger partial charge in [0.15, 0.2) is 23.2 Å². The van der Waals surface area contributed by atoms with E-state index in [4.69, 9.17) is 9.47 Å². The lowest BCUT2D eigenvalue weighted by molar-refractivity contribution is -0.00779. The van der Waals surface area contributed by atoms with E-state index in [0.29, 0.717) is 18.9 Å². The molecule has 7 heteroatoms. The minimum absolute atomic E-state index is 0.0934. The fourth-order valence-corrected chi connectivity index (χ4v) is 4.47. The van der Waals surface area contributed by atoms with Gasteiger partial charge in [0.05, 0.1) is 19.3 Å². The van der Waals surface area contributed by atoms with Crippen LogP contribution in [0, 0.1) is 35.0 Å². The molecule has 0 saturated carbocycles. The van der Waals surface area contributed by atoms with Crippen molar-refractivity contribution in [1.29, 1.82) is 0 Å². The second kappa shape index (κ2) is 11.2. The summed E-state index contributed by atoms with van der Waals surface area (Å²) in [6, 6.07) is 8.90. The summed E-state index contributed by atoms with van der Waals surface area (Å²) in [5.41, 5.74) is -0.644. The molecule has 1 saturated heterocycles. The normalized spacial score (nSPS) is 17.7. The maximum absolute atomic E-state index is 15.0. The van der Waals surface area contributed by atoms with Crippen molar-refractivity contribution in [2.24, 2.45) is 5.92 Å². The molecule has 0 radical (unpaired) electrons. The molecule has 3 aromatic carbocycles. The Bertz CT molecular complexity index is 1250. The van der Waals surface area contributed by atoms with Crippen LogP contribution in [0.3, 0.4) is 0 Å². The van der Waals surface area contributed by atoms with Gasteiger partial charge in [-0.1, -0.05) is 30.3 Å². The molecule has 1 heterocycles. The maximum Gasteiger partial charge on any atom is 0.201 e. The van der Waals surface area contributed by atoms with Crippen LogP contribution in [0.1, 0.15) is 31.7 Å². The summed E-state index contributed by atoms with van der Waals surface area (Å²) >= 11 is 0. The Labute approximate surface area is 207 Å². The summed E-state index contributed by atoms with van der Waals surface area (Å²) in [4.78, 5) is 0. The van der Waals surface area contributed by atoms with Crippen molar-refractivity contribution < 1.29 is 31.4 Å². The number of hydrogen-bond acceptors (Lipinski definition) is 2. The first kappa shape index (κ1) is 25.9. The van der Waals surface area contributed by atoms with Crippen LogP contribution in [0.4, 0.5) is 22.0 Å². The number of rotatable bonds is 8. The van der Waals surface area contributed by atoms with Crippen molar-refractivity contribution in [3.63, 3.8) is 0 Å². The second-order valence-corrected chi connectivity index (χ2v) is 8.84. The summed E-state index contributed by atoms with van der Waals surface area (Å²) < 4.78 is 84.4. The molecule has 2 nitrogen and oxygen atoms in total. The highest BCUT2D eigenvalue weighted by molar-refractivity contribution is 5.73. The lowest BCUT2D eigenvalue weighted by Crippen LogP contribution is -2.25. The van der Waals surface area contributed by atoms with E-state index in [1.54, 1.807) is 13.0 Å². The predicted molar refractivity (Wildman–Crippen MR) is 129 cm³/mol. The van der Waals surface area contributed by atoms with Crippen molar-refractivity contribution in [2.45, 2.75) is 38.7 Å². The fourth-order valence-electron chi connectivity index (χ4n) is 4.47. The quantitative estimate of drug-likeness (QED) is 0.229. The zero-order valence-electron chi connectivity index (χ0n) is 19.9. The van der Waals surface area contributed by atoms with E-state index in [1.165, 1.54) is 12.1 Å². The van der Waals surface area contributed by atoms with Gasteiger partial charge in [0.2, 0.25) is 5.82 Å². The van der Waals surface area contributed by atoms with Crippen LogP contribution in [-0.4, -0.2) is 19.3 Å². The number of aryl methyl sites for hydroxylation is 1. The Morgan fingerprint density at radius 2 is 1.47 bits per heavy atom. The highest BCUT2D eigenvalue weighted by atomic mass is 19.2. The summed E-state index contributed by atoms with van der Waals surface area (Å²) in [5.74, 6) is -6.05. The first-order valence-electron chi connectivity index (χ1n) is 12.0. The van der Waals surface area contributed by atoms with Gasteiger partial charge in [-0.2, -0.15) is 4.39 Å². The minimum atomic E-state index is -1.40. The highest BCUT2D eigenvalue weighted by Crippen LogP contribution is 2.36. The van der Waals surface area contributed by atoms with E-state index < -0.39 is 40.2 Å². The molecule has 1 fully saturated rings. The Hall–Kier alpha value is -3.19. The molecular weight excluding hydrogens is 475 g/mol. The largest absolute Gasteiger partial charge is 0.491 e. The van der Waals surface area contributed by atoms with Crippen molar-refractivity contribution in [3.05, 3.63) is 89.8 Å². The molecule has 0 amide bonds. The first-order chi connectivity index (χ1) is 17.3. The van der Waals surface area contributed by atoms with E-state index >= 15 is 0 Å². The van der Waals surface area contributed by atoms with Crippen molar-refractivity contribution in [3.8, 4) is 28.0 Å². The topological polar surface area (TPSA) is 18.5 Å². The molecular formula is C29H27F5O2. The Morgan fingerprint density at radius 3 is 2.06 bits per heavy atom. The first-order valence-corrected chi connectivity index (χ1v) is 12.0. The lowest BCUT2D eigenvalue weighted by Gasteiger charge is -2.27. The molecule has 0 N–H and O–H groups in total. The van der Waals surface area contributed by atoms with Crippen LogP contribution >= 0.6 is 0 Å². The van der Waals surface area contributed by atoms with Gasteiger partial charge in [-0.05, 0) is 56.4 Å². The maximum atomic E-state index is 15.0. The fraction of sp³-hybridized carbons (Fsp3) is 0.310. The third-order valence-electron chi connectivity index (χ3n) is 6.54. The van der Waals surface area contributed by atoms with Crippen LogP contribution in [0.15, 0.2) is 55.1 Å². The van der Waals surface area contributed by atoms with E-state index in [1.807, 2.05) is 6.08 Å². The third-order valence-corrected chi connectivity index (χ3v) is 6.54. The average Bonchev–Trinajstić information content (AvgIpc) is 2.88. The zero-order chi connectivity index (χ0) is 25.8. The summed E-state index contributed by atoms with van der Waals surface area (Å²) in [6.45, 7) is 6.14. The number of ether oxygens (including phenoxy) is 2. The zero-order valence-corrected chi connectivity index (χ0v) is 19.9. The molecule has 0 spiro atoms. The van der Waals surface area contributed by atoms with Gasteiger partial charge >= 0.3 is 0 Å². The number of hydrogen-bond donors (Lipinski definition) is 0. The highest BCUT2D eigenvalue weighted by Gasteiger charge is 2.23. The monoisotopic (exact) mass is 502 g/mol. The van der Waals surface area contributed by atoms with Gasteiger partial charge in [-0.3, -0.25) is 0 Å². The number of halogens is 5.